The molecule has 1 saturated heterocycles. The zero-order chi connectivity index (χ0) is 10.7. The minimum absolute atomic E-state index is 0.200. The van der Waals surface area contributed by atoms with E-state index in [2.05, 4.69) is 17.9 Å². The second-order valence-electron chi connectivity index (χ2n) is 4.75. The highest BCUT2D eigenvalue weighted by Crippen LogP contribution is 2.43. The van der Waals surface area contributed by atoms with E-state index in [-0.39, 0.29) is 5.60 Å². The van der Waals surface area contributed by atoms with E-state index in [1.807, 2.05) is 0 Å². The molecule has 1 aliphatic heterocycles. The zero-order valence-corrected chi connectivity index (χ0v) is 9.54. The minimum atomic E-state index is 0.200. The van der Waals surface area contributed by atoms with Crippen LogP contribution in [0.2, 0.25) is 0 Å². The van der Waals surface area contributed by atoms with E-state index in [1.54, 1.807) is 0 Å². The first-order chi connectivity index (χ1) is 7.29. The molecular formula is C12H20N2O. The van der Waals surface area contributed by atoms with Crippen LogP contribution in [0.25, 0.3) is 0 Å². The fourth-order valence-electron chi connectivity index (χ4n) is 2.82. The van der Waals surface area contributed by atoms with Gasteiger partial charge >= 0.3 is 0 Å². The lowest BCUT2D eigenvalue weighted by molar-refractivity contribution is -0.147. The predicted octanol–water partition coefficient (Wildman–Crippen LogP) is 1.93. The second kappa shape index (κ2) is 4.51. The Balaban J connectivity index is 1.94. The third-order valence-electron chi connectivity index (χ3n) is 3.93. The fraction of sp³-hybridized carbons (Fsp3) is 0.917. The standard InChI is InChI=1S/C12H20N2O/c1-2-14(8-7-13)11-4-9-15-12(10-11)5-3-6-12/h11H,2-6,8-10H2,1H3. The van der Waals surface area contributed by atoms with Gasteiger partial charge in [0.05, 0.1) is 18.2 Å². The van der Waals surface area contributed by atoms with E-state index in [0.717, 1.165) is 26.0 Å². The molecule has 2 rings (SSSR count). The van der Waals surface area contributed by atoms with E-state index < -0.39 is 0 Å². The Morgan fingerprint density at radius 1 is 1.53 bits per heavy atom. The number of rotatable bonds is 3. The van der Waals surface area contributed by atoms with E-state index in [9.17, 15) is 0 Å². The molecule has 0 aromatic heterocycles. The van der Waals surface area contributed by atoms with Gasteiger partial charge in [-0.2, -0.15) is 5.26 Å². The quantitative estimate of drug-likeness (QED) is 0.665. The van der Waals surface area contributed by atoms with Crippen molar-refractivity contribution >= 4 is 0 Å². The summed E-state index contributed by atoms with van der Waals surface area (Å²) in [4.78, 5) is 2.29. The minimum Gasteiger partial charge on any atom is -0.375 e. The summed E-state index contributed by atoms with van der Waals surface area (Å²) in [6.07, 6.45) is 6.01. The van der Waals surface area contributed by atoms with E-state index >= 15 is 0 Å². The third kappa shape index (κ3) is 2.16. The molecule has 0 aromatic carbocycles. The van der Waals surface area contributed by atoms with Crippen LogP contribution in [-0.4, -0.2) is 36.2 Å². The molecule has 1 spiro atoms. The molecule has 0 bridgehead atoms. The summed E-state index contributed by atoms with van der Waals surface area (Å²) in [6.45, 7) is 4.57. The van der Waals surface area contributed by atoms with Crippen molar-refractivity contribution < 1.29 is 4.74 Å². The van der Waals surface area contributed by atoms with Gasteiger partial charge in [0.2, 0.25) is 0 Å². The van der Waals surface area contributed by atoms with Crippen molar-refractivity contribution in [1.82, 2.24) is 4.90 Å². The third-order valence-corrected chi connectivity index (χ3v) is 3.93. The van der Waals surface area contributed by atoms with Crippen LogP contribution in [-0.2, 0) is 4.74 Å². The molecule has 3 nitrogen and oxygen atoms in total. The van der Waals surface area contributed by atoms with Gasteiger partial charge in [0, 0.05) is 12.6 Å². The normalized spacial score (nSPS) is 28.7. The zero-order valence-electron chi connectivity index (χ0n) is 9.54. The fourth-order valence-corrected chi connectivity index (χ4v) is 2.82. The molecule has 0 radical (unpaired) electrons. The molecule has 1 saturated carbocycles. The number of ether oxygens (including phenoxy) is 1. The molecule has 3 heteroatoms. The Bertz CT molecular complexity index is 255. The highest BCUT2D eigenvalue weighted by Gasteiger charge is 2.43. The summed E-state index contributed by atoms with van der Waals surface area (Å²) in [5.41, 5.74) is 0.200. The molecule has 0 amide bonds. The molecule has 1 unspecified atom stereocenters. The van der Waals surface area contributed by atoms with Gasteiger partial charge in [0.1, 0.15) is 0 Å². The van der Waals surface area contributed by atoms with Crippen LogP contribution in [0.3, 0.4) is 0 Å². The molecule has 1 aliphatic carbocycles. The molecular weight excluding hydrogens is 188 g/mol. The highest BCUT2D eigenvalue weighted by atomic mass is 16.5. The molecule has 1 atom stereocenters. The van der Waals surface area contributed by atoms with Crippen LogP contribution >= 0.6 is 0 Å². The van der Waals surface area contributed by atoms with Crippen LogP contribution in [0.15, 0.2) is 0 Å². The number of nitrogens with zero attached hydrogens (tertiary/aromatic N) is 2. The first-order valence-electron chi connectivity index (χ1n) is 6.04. The highest BCUT2D eigenvalue weighted by molar-refractivity contribution is 4.97. The van der Waals surface area contributed by atoms with Crippen molar-refractivity contribution in [2.45, 2.75) is 50.7 Å². The van der Waals surface area contributed by atoms with Crippen LogP contribution < -0.4 is 0 Å². The van der Waals surface area contributed by atoms with Gasteiger partial charge in [-0.15, -0.1) is 0 Å². The monoisotopic (exact) mass is 208 g/mol. The lowest BCUT2D eigenvalue weighted by atomic mass is 9.73. The summed E-state index contributed by atoms with van der Waals surface area (Å²) in [7, 11) is 0. The topological polar surface area (TPSA) is 36.3 Å². The summed E-state index contributed by atoms with van der Waals surface area (Å²) < 4.78 is 5.89. The van der Waals surface area contributed by atoms with E-state index in [1.165, 1.54) is 19.3 Å². The summed E-state index contributed by atoms with van der Waals surface area (Å²) >= 11 is 0. The van der Waals surface area contributed by atoms with Gasteiger partial charge in [0.25, 0.3) is 0 Å². The van der Waals surface area contributed by atoms with Crippen LogP contribution in [0.4, 0.5) is 0 Å². The van der Waals surface area contributed by atoms with Crippen molar-refractivity contribution in [1.29, 1.82) is 5.26 Å². The van der Waals surface area contributed by atoms with Gasteiger partial charge in [-0.1, -0.05) is 6.92 Å². The Morgan fingerprint density at radius 3 is 2.87 bits per heavy atom. The molecule has 2 aliphatic rings. The average Bonchev–Trinajstić information content (AvgIpc) is 2.24. The van der Waals surface area contributed by atoms with E-state index in [4.69, 9.17) is 10.00 Å². The Kier molecular flexibility index (Phi) is 3.28. The smallest absolute Gasteiger partial charge is 0.0868 e. The van der Waals surface area contributed by atoms with Crippen LogP contribution in [0, 0.1) is 11.3 Å². The largest absolute Gasteiger partial charge is 0.375 e. The number of hydrogen-bond acceptors (Lipinski definition) is 3. The van der Waals surface area contributed by atoms with Gasteiger partial charge in [-0.05, 0) is 38.6 Å². The molecule has 1 heterocycles. The Hall–Kier alpha value is -0.590. The molecule has 0 N–H and O–H groups in total. The predicted molar refractivity (Wildman–Crippen MR) is 58.4 cm³/mol. The number of nitriles is 1. The van der Waals surface area contributed by atoms with Crippen LogP contribution in [0.5, 0.6) is 0 Å². The molecule has 84 valence electrons. The molecule has 2 fully saturated rings. The van der Waals surface area contributed by atoms with Crippen molar-refractivity contribution in [3.63, 3.8) is 0 Å². The maximum absolute atomic E-state index is 8.78. The van der Waals surface area contributed by atoms with Gasteiger partial charge < -0.3 is 4.74 Å². The van der Waals surface area contributed by atoms with Gasteiger partial charge in [-0.25, -0.2) is 0 Å². The summed E-state index contributed by atoms with van der Waals surface area (Å²) in [6, 6.07) is 2.84. The second-order valence-corrected chi connectivity index (χ2v) is 4.75. The van der Waals surface area contributed by atoms with E-state index in [0.29, 0.717) is 12.6 Å². The SMILES string of the molecule is CCN(CC#N)C1CCOC2(CCC2)C1. The molecule has 15 heavy (non-hydrogen) atoms. The van der Waals surface area contributed by atoms with Crippen molar-refractivity contribution in [2.75, 3.05) is 19.7 Å². The van der Waals surface area contributed by atoms with Gasteiger partial charge in [0.15, 0.2) is 0 Å². The lowest BCUT2D eigenvalue weighted by Gasteiger charge is -2.49. The van der Waals surface area contributed by atoms with Crippen molar-refractivity contribution in [3.8, 4) is 6.07 Å². The maximum atomic E-state index is 8.78. The summed E-state index contributed by atoms with van der Waals surface area (Å²) in [5.74, 6) is 0. The maximum Gasteiger partial charge on any atom is 0.0868 e. The number of hydrogen-bond donors (Lipinski definition) is 0. The lowest BCUT2D eigenvalue weighted by Crippen LogP contribution is -2.52. The first-order valence-corrected chi connectivity index (χ1v) is 6.04. The average molecular weight is 208 g/mol. The Labute approximate surface area is 92.0 Å². The van der Waals surface area contributed by atoms with Crippen molar-refractivity contribution in [3.05, 3.63) is 0 Å². The summed E-state index contributed by atoms with van der Waals surface area (Å²) in [5, 5.41) is 8.78. The van der Waals surface area contributed by atoms with Crippen LogP contribution in [0.1, 0.15) is 39.0 Å². The van der Waals surface area contributed by atoms with Crippen molar-refractivity contribution in [2.24, 2.45) is 0 Å². The Morgan fingerprint density at radius 2 is 2.33 bits per heavy atom. The molecule has 0 aromatic rings. The van der Waals surface area contributed by atoms with Gasteiger partial charge in [-0.3, -0.25) is 4.90 Å². The first kappa shape index (κ1) is 10.9.